The minimum absolute atomic E-state index is 0.00581. The van der Waals surface area contributed by atoms with Crippen LogP contribution in [0.2, 0.25) is 0 Å². The first-order chi connectivity index (χ1) is 21.5. The molecular weight excluding hydrogens is 585 g/mol. The van der Waals surface area contributed by atoms with Gasteiger partial charge in [-0.3, -0.25) is 4.79 Å². The van der Waals surface area contributed by atoms with E-state index in [4.69, 9.17) is 9.47 Å². The number of hydrogen-bond acceptors (Lipinski definition) is 6. The SMILES string of the molecule is CCCCCCCCCCCCOc1ccc(-c2ccc(C(=O)Sc3ccc(C(=O)OC(C)CCCCCC)cc3)s2)cc1. The monoisotopic (exact) mass is 636 g/mol. The Morgan fingerprint density at radius 2 is 1.30 bits per heavy atom. The molecule has 240 valence electrons. The van der Waals surface area contributed by atoms with Gasteiger partial charge in [0, 0.05) is 9.77 Å². The molecule has 3 aromatic rings. The van der Waals surface area contributed by atoms with Crippen molar-refractivity contribution in [2.75, 3.05) is 6.61 Å². The summed E-state index contributed by atoms with van der Waals surface area (Å²) < 4.78 is 11.6. The standard InChI is InChI=1S/C38H52O4S2/c1-4-6-8-10-11-12-13-14-15-17-29-41-33-23-19-31(20-24-33)35-27-28-36(44-35)38(40)43-34-25-21-32(22-26-34)37(39)42-30(3)18-16-9-7-5-2/h19-28,30H,4-18,29H2,1-3H3. The molecule has 0 radical (unpaired) electrons. The molecule has 1 heterocycles. The molecule has 0 saturated carbocycles. The minimum atomic E-state index is -0.311. The second-order valence-electron chi connectivity index (χ2n) is 11.7. The Bertz CT molecular complexity index is 1220. The molecule has 0 amide bonds. The van der Waals surface area contributed by atoms with Crippen LogP contribution in [-0.2, 0) is 4.74 Å². The summed E-state index contributed by atoms with van der Waals surface area (Å²) in [6.07, 6.45) is 18.6. The number of rotatable bonds is 22. The third kappa shape index (κ3) is 13.6. The molecule has 1 unspecified atom stereocenters. The first-order valence-electron chi connectivity index (χ1n) is 16.9. The summed E-state index contributed by atoms with van der Waals surface area (Å²) in [5.74, 6) is 0.579. The normalized spacial score (nSPS) is 11.8. The molecule has 0 saturated heterocycles. The van der Waals surface area contributed by atoms with E-state index >= 15 is 0 Å². The van der Waals surface area contributed by atoms with Crippen LogP contribution in [0.5, 0.6) is 5.75 Å². The Balaban J connectivity index is 1.37. The van der Waals surface area contributed by atoms with Crippen molar-refractivity contribution < 1.29 is 19.1 Å². The van der Waals surface area contributed by atoms with Gasteiger partial charge in [-0.25, -0.2) is 4.79 Å². The number of carbonyl (C=O) groups is 2. The Morgan fingerprint density at radius 3 is 1.93 bits per heavy atom. The first kappa shape index (κ1) is 35.9. The zero-order valence-electron chi connectivity index (χ0n) is 27.1. The summed E-state index contributed by atoms with van der Waals surface area (Å²) in [7, 11) is 0. The molecule has 0 aliphatic heterocycles. The van der Waals surface area contributed by atoms with Crippen molar-refractivity contribution in [1.82, 2.24) is 0 Å². The zero-order valence-corrected chi connectivity index (χ0v) is 28.7. The van der Waals surface area contributed by atoms with Crippen molar-refractivity contribution in [1.29, 1.82) is 0 Å². The smallest absolute Gasteiger partial charge is 0.338 e. The summed E-state index contributed by atoms with van der Waals surface area (Å²) in [5, 5.41) is -0.00581. The summed E-state index contributed by atoms with van der Waals surface area (Å²) in [6, 6.07) is 19.1. The maximum Gasteiger partial charge on any atom is 0.338 e. The van der Waals surface area contributed by atoms with E-state index < -0.39 is 0 Å². The van der Waals surface area contributed by atoms with E-state index in [2.05, 4.69) is 26.0 Å². The highest BCUT2D eigenvalue weighted by Gasteiger charge is 2.15. The van der Waals surface area contributed by atoms with Gasteiger partial charge in [-0.05, 0) is 104 Å². The van der Waals surface area contributed by atoms with Crippen LogP contribution in [0.25, 0.3) is 10.4 Å². The molecule has 1 aromatic heterocycles. The maximum atomic E-state index is 13.0. The lowest BCUT2D eigenvalue weighted by Crippen LogP contribution is -2.15. The fraction of sp³-hybridized carbons (Fsp3) is 0.526. The van der Waals surface area contributed by atoms with Crippen molar-refractivity contribution in [2.24, 2.45) is 0 Å². The van der Waals surface area contributed by atoms with Crippen LogP contribution in [0.4, 0.5) is 0 Å². The summed E-state index contributed by atoms with van der Waals surface area (Å²) in [5.41, 5.74) is 1.59. The molecule has 0 fully saturated rings. The Kier molecular flexibility index (Phi) is 17.3. The van der Waals surface area contributed by atoms with Gasteiger partial charge in [-0.15, -0.1) is 11.3 Å². The average molecular weight is 637 g/mol. The van der Waals surface area contributed by atoms with Gasteiger partial charge in [0.05, 0.1) is 23.2 Å². The van der Waals surface area contributed by atoms with Gasteiger partial charge in [-0.1, -0.05) is 90.9 Å². The molecule has 0 bridgehead atoms. The molecule has 0 aliphatic carbocycles. The highest BCUT2D eigenvalue weighted by Crippen LogP contribution is 2.33. The van der Waals surface area contributed by atoms with E-state index in [0.29, 0.717) is 10.4 Å². The number of thioether (sulfide) groups is 1. The van der Waals surface area contributed by atoms with Gasteiger partial charge in [0.15, 0.2) is 0 Å². The van der Waals surface area contributed by atoms with Crippen LogP contribution < -0.4 is 4.74 Å². The lowest BCUT2D eigenvalue weighted by Gasteiger charge is -2.13. The van der Waals surface area contributed by atoms with Crippen LogP contribution >= 0.6 is 23.1 Å². The number of ether oxygens (including phenoxy) is 2. The van der Waals surface area contributed by atoms with Crippen LogP contribution in [0.3, 0.4) is 0 Å². The number of esters is 1. The molecule has 1 atom stereocenters. The number of hydrogen-bond donors (Lipinski definition) is 0. The summed E-state index contributed by atoms with van der Waals surface area (Å²) in [4.78, 5) is 28.0. The van der Waals surface area contributed by atoms with Crippen molar-refractivity contribution >= 4 is 34.2 Å². The van der Waals surface area contributed by atoms with Gasteiger partial charge < -0.3 is 9.47 Å². The third-order valence-electron chi connectivity index (χ3n) is 7.79. The van der Waals surface area contributed by atoms with Gasteiger partial charge in [0.2, 0.25) is 5.12 Å². The molecule has 6 heteroatoms. The highest BCUT2D eigenvalue weighted by molar-refractivity contribution is 8.14. The number of thiophene rings is 1. The van der Waals surface area contributed by atoms with Crippen LogP contribution in [0.1, 0.15) is 137 Å². The Morgan fingerprint density at radius 1 is 0.705 bits per heavy atom. The molecular formula is C38H52O4S2. The molecule has 0 N–H and O–H groups in total. The summed E-state index contributed by atoms with van der Waals surface area (Å²) >= 11 is 2.67. The van der Waals surface area contributed by atoms with E-state index in [-0.39, 0.29) is 17.2 Å². The molecule has 2 aromatic carbocycles. The van der Waals surface area contributed by atoms with Crippen LogP contribution in [0.15, 0.2) is 65.6 Å². The second kappa shape index (κ2) is 21.2. The molecule has 3 rings (SSSR count). The van der Waals surface area contributed by atoms with Gasteiger partial charge in [-0.2, -0.15) is 0 Å². The van der Waals surface area contributed by atoms with E-state index in [1.165, 1.54) is 100 Å². The van der Waals surface area contributed by atoms with E-state index in [1.54, 1.807) is 12.1 Å². The largest absolute Gasteiger partial charge is 0.494 e. The topological polar surface area (TPSA) is 52.6 Å². The second-order valence-corrected chi connectivity index (χ2v) is 13.8. The minimum Gasteiger partial charge on any atom is -0.494 e. The molecule has 0 aliphatic rings. The molecule has 44 heavy (non-hydrogen) atoms. The van der Waals surface area contributed by atoms with Gasteiger partial charge in [0.1, 0.15) is 5.75 Å². The molecule has 4 nitrogen and oxygen atoms in total. The van der Waals surface area contributed by atoms with Crippen molar-refractivity contribution in [3.63, 3.8) is 0 Å². The summed E-state index contributed by atoms with van der Waals surface area (Å²) in [6.45, 7) is 7.16. The zero-order chi connectivity index (χ0) is 31.4. The first-order valence-corrected chi connectivity index (χ1v) is 18.5. The Hall–Kier alpha value is -2.57. The fourth-order valence-electron chi connectivity index (χ4n) is 5.08. The predicted octanol–water partition coefficient (Wildman–Crippen LogP) is 12.2. The number of carbonyl (C=O) groups excluding carboxylic acids is 2. The van der Waals surface area contributed by atoms with Crippen molar-refractivity contribution in [3.8, 4) is 16.2 Å². The van der Waals surface area contributed by atoms with Crippen molar-refractivity contribution in [2.45, 2.75) is 128 Å². The van der Waals surface area contributed by atoms with E-state index in [1.807, 2.05) is 43.3 Å². The number of unbranched alkanes of at least 4 members (excludes halogenated alkanes) is 12. The lowest BCUT2D eigenvalue weighted by atomic mass is 10.1. The van der Waals surface area contributed by atoms with Crippen molar-refractivity contribution in [3.05, 3.63) is 71.1 Å². The van der Waals surface area contributed by atoms with Crippen LogP contribution in [-0.4, -0.2) is 23.8 Å². The number of benzene rings is 2. The predicted molar refractivity (Wildman–Crippen MR) is 187 cm³/mol. The maximum absolute atomic E-state index is 13.0. The highest BCUT2D eigenvalue weighted by atomic mass is 32.2. The van der Waals surface area contributed by atoms with E-state index in [0.717, 1.165) is 47.0 Å². The fourth-order valence-corrected chi connectivity index (χ4v) is 6.83. The quantitative estimate of drug-likeness (QED) is 0.0624. The van der Waals surface area contributed by atoms with Crippen LogP contribution in [0, 0.1) is 0 Å². The third-order valence-corrected chi connectivity index (χ3v) is 9.96. The van der Waals surface area contributed by atoms with Gasteiger partial charge >= 0.3 is 5.97 Å². The molecule has 0 spiro atoms. The van der Waals surface area contributed by atoms with E-state index in [9.17, 15) is 9.59 Å². The average Bonchev–Trinajstić information content (AvgIpc) is 3.53. The lowest BCUT2D eigenvalue weighted by molar-refractivity contribution is 0.0319. The Labute approximate surface area is 274 Å². The van der Waals surface area contributed by atoms with Gasteiger partial charge in [0.25, 0.3) is 0 Å².